The van der Waals surface area contributed by atoms with Gasteiger partial charge in [0.05, 0.1) is 20.6 Å². The monoisotopic (exact) mass is 245 g/mol. The smallest absolute Gasteiger partial charge is 0.317 e. The lowest BCUT2D eigenvalue weighted by Crippen LogP contribution is -2.42. The summed E-state index contributed by atoms with van der Waals surface area (Å²) in [5, 5.41) is 0. The predicted molar refractivity (Wildman–Crippen MR) is 60.0 cm³/mol. The molecule has 0 aromatic heterocycles. The highest BCUT2D eigenvalue weighted by atomic mass is 16.5. The van der Waals surface area contributed by atoms with E-state index in [1.54, 1.807) is 6.92 Å². The summed E-state index contributed by atoms with van der Waals surface area (Å²) < 4.78 is 9.00. The summed E-state index contributed by atoms with van der Waals surface area (Å²) >= 11 is 0. The number of methoxy groups -OCH3 is 2. The molecule has 0 aromatic carbocycles. The number of amides is 1. The van der Waals surface area contributed by atoms with Gasteiger partial charge in [-0.15, -0.1) is 0 Å². The van der Waals surface area contributed by atoms with Crippen LogP contribution >= 0.6 is 0 Å². The summed E-state index contributed by atoms with van der Waals surface area (Å²) in [6.07, 6.45) is 0.0899. The van der Waals surface area contributed by atoms with E-state index in [2.05, 4.69) is 9.47 Å². The van der Waals surface area contributed by atoms with Crippen molar-refractivity contribution in [2.24, 2.45) is 5.92 Å². The van der Waals surface area contributed by atoms with Crippen LogP contribution in [0.2, 0.25) is 0 Å². The number of carbonyl (C=O) groups is 3. The molecule has 0 fully saturated rings. The van der Waals surface area contributed by atoms with Gasteiger partial charge < -0.3 is 14.4 Å². The van der Waals surface area contributed by atoms with Crippen LogP contribution in [0.3, 0.4) is 0 Å². The van der Waals surface area contributed by atoms with Gasteiger partial charge in [-0.25, -0.2) is 0 Å². The standard InChI is InChI=1S/C11H19NO5/c1-7(6-9(13)16-4)12(3)10(14)8(2)11(15)17-5/h7-8H,6H2,1-5H3. The van der Waals surface area contributed by atoms with Crippen LogP contribution in [0.5, 0.6) is 0 Å². The first-order valence-electron chi connectivity index (χ1n) is 5.26. The Morgan fingerprint density at radius 1 is 1.12 bits per heavy atom. The molecule has 0 aliphatic carbocycles. The molecule has 0 spiro atoms. The molecular formula is C11H19NO5. The molecule has 6 heteroatoms. The van der Waals surface area contributed by atoms with E-state index in [0.29, 0.717) is 0 Å². The third-order valence-electron chi connectivity index (χ3n) is 2.62. The third-order valence-corrected chi connectivity index (χ3v) is 2.62. The van der Waals surface area contributed by atoms with Crippen LogP contribution in [-0.4, -0.2) is 50.1 Å². The number of nitrogens with zero attached hydrogens (tertiary/aromatic N) is 1. The molecule has 2 unspecified atom stereocenters. The molecule has 0 N–H and O–H groups in total. The van der Waals surface area contributed by atoms with E-state index in [1.807, 2.05) is 0 Å². The van der Waals surface area contributed by atoms with Crippen LogP contribution in [-0.2, 0) is 23.9 Å². The Bertz CT molecular complexity index is 302. The summed E-state index contributed by atoms with van der Waals surface area (Å²) in [7, 11) is 4.05. The van der Waals surface area contributed by atoms with E-state index in [1.165, 1.54) is 33.1 Å². The summed E-state index contributed by atoms with van der Waals surface area (Å²) in [5.74, 6) is -2.24. The minimum atomic E-state index is -0.870. The Morgan fingerprint density at radius 2 is 1.65 bits per heavy atom. The molecule has 0 radical (unpaired) electrons. The maximum atomic E-state index is 11.8. The number of carbonyl (C=O) groups excluding carboxylic acids is 3. The van der Waals surface area contributed by atoms with Crippen molar-refractivity contribution in [2.45, 2.75) is 26.3 Å². The fourth-order valence-electron chi connectivity index (χ4n) is 1.26. The first-order valence-corrected chi connectivity index (χ1v) is 5.26. The zero-order chi connectivity index (χ0) is 13.6. The van der Waals surface area contributed by atoms with Gasteiger partial charge in [-0.2, -0.15) is 0 Å². The molecule has 17 heavy (non-hydrogen) atoms. The van der Waals surface area contributed by atoms with Crippen LogP contribution in [0.1, 0.15) is 20.3 Å². The maximum Gasteiger partial charge on any atom is 0.317 e. The van der Waals surface area contributed by atoms with Crippen molar-refractivity contribution in [3.05, 3.63) is 0 Å². The van der Waals surface area contributed by atoms with Crippen molar-refractivity contribution >= 4 is 17.8 Å². The van der Waals surface area contributed by atoms with Crippen LogP contribution in [0.15, 0.2) is 0 Å². The van der Waals surface area contributed by atoms with Crippen molar-refractivity contribution in [3.8, 4) is 0 Å². The predicted octanol–water partition coefficient (Wildman–Crippen LogP) is 0.206. The fourth-order valence-corrected chi connectivity index (χ4v) is 1.26. The molecular weight excluding hydrogens is 226 g/mol. The second-order valence-electron chi connectivity index (χ2n) is 3.82. The highest BCUT2D eigenvalue weighted by Gasteiger charge is 2.28. The lowest BCUT2D eigenvalue weighted by atomic mass is 10.1. The van der Waals surface area contributed by atoms with Gasteiger partial charge in [0.15, 0.2) is 0 Å². The molecule has 0 bridgehead atoms. The van der Waals surface area contributed by atoms with E-state index in [9.17, 15) is 14.4 Å². The molecule has 0 saturated heterocycles. The molecule has 2 atom stereocenters. The van der Waals surface area contributed by atoms with Gasteiger partial charge in [-0.05, 0) is 13.8 Å². The lowest BCUT2D eigenvalue weighted by Gasteiger charge is -2.26. The minimum absolute atomic E-state index is 0.0899. The summed E-state index contributed by atoms with van der Waals surface area (Å²) in [5.41, 5.74) is 0. The van der Waals surface area contributed by atoms with Gasteiger partial charge in [-0.3, -0.25) is 14.4 Å². The SMILES string of the molecule is COC(=O)CC(C)N(C)C(=O)C(C)C(=O)OC. The number of hydrogen-bond donors (Lipinski definition) is 0. The van der Waals surface area contributed by atoms with E-state index in [4.69, 9.17) is 0 Å². The van der Waals surface area contributed by atoms with E-state index in [-0.39, 0.29) is 18.4 Å². The highest BCUT2D eigenvalue weighted by Crippen LogP contribution is 2.09. The summed E-state index contributed by atoms with van der Waals surface area (Å²) in [6, 6.07) is -0.331. The molecule has 0 aromatic rings. The lowest BCUT2D eigenvalue weighted by molar-refractivity contribution is -0.153. The Kier molecular flexibility index (Phi) is 6.23. The first kappa shape index (κ1) is 15.4. The number of rotatable bonds is 5. The molecule has 0 heterocycles. The third kappa shape index (κ3) is 4.42. The van der Waals surface area contributed by atoms with Gasteiger partial charge in [-0.1, -0.05) is 0 Å². The second-order valence-corrected chi connectivity index (χ2v) is 3.82. The first-order chi connectivity index (χ1) is 7.84. The summed E-state index contributed by atoms with van der Waals surface area (Å²) in [4.78, 5) is 35.4. The Morgan fingerprint density at radius 3 is 2.06 bits per heavy atom. The van der Waals surface area contributed by atoms with Gasteiger partial charge in [0.2, 0.25) is 5.91 Å². The van der Waals surface area contributed by atoms with E-state index >= 15 is 0 Å². The average Bonchev–Trinajstić information content (AvgIpc) is 2.34. The quantitative estimate of drug-likeness (QED) is 0.511. The van der Waals surface area contributed by atoms with Gasteiger partial charge in [0.1, 0.15) is 5.92 Å². The molecule has 0 aliphatic rings. The number of hydrogen-bond acceptors (Lipinski definition) is 5. The fraction of sp³-hybridized carbons (Fsp3) is 0.727. The number of ether oxygens (including phenoxy) is 2. The van der Waals surface area contributed by atoms with Gasteiger partial charge >= 0.3 is 11.9 Å². The van der Waals surface area contributed by atoms with Crippen molar-refractivity contribution < 1.29 is 23.9 Å². The van der Waals surface area contributed by atoms with Crippen molar-refractivity contribution in [1.29, 1.82) is 0 Å². The van der Waals surface area contributed by atoms with Crippen molar-refractivity contribution in [1.82, 2.24) is 4.90 Å². The minimum Gasteiger partial charge on any atom is -0.469 e. The van der Waals surface area contributed by atoms with Crippen LogP contribution in [0, 0.1) is 5.92 Å². The molecule has 6 nitrogen and oxygen atoms in total. The van der Waals surface area contributed by atoms with Crippen molar-refractivity contribution in [2.75, 3.05) is 21.3 Å². The Balaban J connectivity index is 4.48. The van der Waals surface area contributed by atoms with Crippen LogP contribution in [0.4, 0.5) is 0 Å². The largest absolute Gasteiger partial charge is 0.469 e. The Labute approximate surface area is 101 Å². The molecule has 0 aliphatic heterocycles. The highest BCUT2D eigenvalue weighted by molar-refractivity contribution is 5.97. The average molecular weight is 245 g/mol. The zero-order valence-corrected chi connectivity index (χ0v) is 10.9. The van der Waals surface area contributed by atoms with E-state index < -0.39 is 17.9 Å². The normalized spacial score (nSPS) is 13.5. The van der Waals surface area contributed by atoms with Gasteiger partial charge in [0, 0.05) is 13.1 Å². The van der Waals surface area contributed by atoms with Crippen LogP contribution < -0.4 is 0 Å². The van der Waals surface area contributed by atoms with E-state index in [0.717, 1.165) is 0 Å². The molecule has 0 saturated carbocycles. The topological polar surface area (TPSA) is 72.9 Å². The van der Waals surface area contributed by atoms with Crippen molar-refractivity contribution in [3.63, 3.8) is 0 Å². The maximum absolute atomic E-state index is 11.8. The molecule has 98 valence electrons. The number of esters is 2. The van der Waals surface area contributed by atoms with Crippen LogP contribution in [0.25, 0.3) is 0 Å². The second kappa shape index (κ2) is 6.88. The summed E-state index contributed by atoms with van der Waals surface area (Å²) in [6.45, 7) is 3.17. The molecule has 0 rings (SSSR count). The molecule has 1 amide bonds. The Hall–Kier alpha value is -1.59. The zero-order valence-electron chi connectivity index (χ0n) is 10.9. The van der Waals surface area contributed by atoms with Gasteiger partial charge in [0.25, 0.3) is 0 Å².